The van der Waals surface area contributed by atoms with Gasteiger partial charge in [-0.15, -0.1) is 5.10 Å². The van der Waals surface area contributed by atoms with Crippen molar-refractivity contribution in [3.05, 3.63) is 64.1 Å². The maximum Gasteiger partial charge on any atom is 0.238 e. The number of nitrogens with one attached hydrogen (secondary N) is 2. The van der Waals surface area contributed by atoms with Crippen molar-refractivity contribution < 1.29 is 4.79 Å². The third-order valence-corrected chi connectivity index (χ3v) is 6.36. The molecule has 1 saturated heterocycles. The van der Waals surface area contributed by atoms with Crippen molar-refractivity contribution in [2.24, 2.45) is 0 Å². The van der Waals surface area contributed by atoms with Crippen LogP contribution in [0.2, 0.25) is 0 Å². The topological polar surface area (TPSA) is 65.4 Å². The van der Waals surface area contributed by atoms with Gasteiger partial charge in [0.05, 0.1) is 13.2 Å². The Morgan fingerprint density at radius 3 is 2.39 bits per heavy atom. The first-order chi connectivity index (χ1) is 15.0. The summed E-state index contributed by atoms with van der Waals surface area (Å²) in [5, 5.41) is 11.7. The molecule has 0 saturated carbocycles. The Labute approximate surface area is 191 Å². The molecule has 1 aliphatic heterocycles. The number of para-hydroxylation sites is 1. The van der Waals surface area contributed by atoms with Crippen LogP contribution in [-0.2, 0) is 11.5 Å². The fraction of sp³-hybridized carbons (Fsp3) is 0.318. The smallest absolute Gasteiger partial charge is 0.238 e. The molecule has 0 spiro atoms. The molecular formula is C22H26N6OS2. The number of carbonyl (C=O) groups excluding carboxylic acids is 1. The standard InChI is InChI=1S/C22H26N6OS2/c1-17-7-9-19(10-8-17)24-21-25-28(22(30)31-21)16-27-13-11-26(12-14-27)15-20(29)23-18-5-3-2-4-6-18/h2-10H,11-16H2,1H3,(H,23,29)(H,24,25). The lowest BCUT2D eigenvalue weighted by molar-refractivity contribution is -0.117. The van der Waals surface area contributed by atoms with Gasteiger partial charge in [-0.3, -0.25) is 14.6 Å². The predicted molar refractivity (Wildman–Crippen MR) is 128 cm³/mol. The zero-order valence-corrected chi connectivity index (χ0v) is 19.1. The van der Waals surface area contributed by atoms with Gasteiger partial charge in [-0.05, 0) is 43.4 Å². The SMILES string of the molecule is Cc1ccc(Nc2nn(CN3CCN(CC(=O)Nc4ccccc4)CC3)c(=S)s2)cc1. The molecule has 2 aromatic carbocycles. The van der Waals surface area contributed by atoms with Crippen LogP contribution < -0.4 is 10.6 Å². The van der Waals surface area contributed by atoms with Gasteiger partial charge in [-0.25, -0.2) is 4.68 Å². The van der Waals surface area contributed by atoms with E-state index in [2.05, 4.69) is 44.6 Å². The van der Waals surface area contributed by atoms with E-state index in [1.807, 2.05) is 47.1 Å². The van der Waals surface area contributed by atoms with Crippen LogP contribution in [-0.4, -0.2) is 58.2 Å². The van der Waals surface area contributed by atoms with Crippen LogP contribution in [0.3, 0.4) is 0 Å². The molecule has 0 aliphatic carbocycles. The summed E-state index contributed by atoms with van der Waals surface area (Å²) in [7, 11) is 0. The van der Waals surface area contributed by atoms with Crippen LogP contribution in [0, 0.1) is 10.9 Å². The second kappa shape index (κ2) is 10.1. The summed E-state index contributed by atoms with van der Waals surface area (Å²) in [6, 6.07) is 17.8. The molecule has 9 heteroatoms. The van der Waals surface area contributed by atoms with Crippen LogP contribution in [0.4, 0.5) is 16.5 Å². The average molecular weight is 455 g/mol. The third-order valence-electron chi connectivity index (χ3n) is 5.13. The number of amides is 1. The minimum absolute atomic E-state index is 0.0215. The highest BCUT2D eigenvalue weighted by Gasteiger charge is 2.20. The van der Waals surface area contributed by atoms with E-state index in [1.54, 1.807) is 0 Å². The summed E-state index contributed by atoms with van der Waals surface area (Å²) in [6.07, 6.45) is 0. The lowest BCUT2D eigenvalue weighted by Gasteiger charge is -2.33. The number of carbonyl (C=O) groups is 1. The fourth-order valence-corrected chi connectivity index (χ4v) is 4.42. The number of hydrogen-bond acceptors (Lipinski definition) is 7. The second-order valence-electron chi connectivity index (χ2n) is 7.61. The number of nitrogens with zero attached hydrogens (tertiary/aromatic N) is 4. The maximum absolute atomic E-state index is 12.3. The van der Waals surface area contributed by atoms with Crippen LogP contribution in [0.25, 0.3) is 0 Å². The number of aromatic nitrogens is 2. The number of hydrogen-bond donors (Lipinski definition) is 2. The summed E-state index contributed by atoms with van der Waals surface area (Å²) < 4.78 is 2.62. The Morgan fingerprint density at radius 1 is 1.00 bits per heavy atom. The van der Waals surface area contributed by atoms with E-state index in [1.165, 1.54) is 16.9 Å². The van der Waals surface area contributed by atoms with Crippen LogP contribution in [0.5, 0.6) is 0 Å². The van der Waals surface area contributed by atoms with Gasteiger partial charge in [-0.1, -0.05) is 47.2 Å². The predicted octanol–water partition coefficient (Wildman–Crippen LogP) is 3.94. The molecule has 7 nitrogen and oxygen atoms in total. The van der Waals surface area contributed by atoms with Crippen molar-refractivity contribution in [2.45, 2.75) is 13.6 Å². The minimum Gasteiger partial charge on any atom is -0.330 e. The first kappa shape index (κ1) is 21.6. The quantitative estimate of drug-likeness (QED) is 0.527. The van der Waals surface area contributed by atoms with Crippen LogP contribution in [0.1, 0.15) is 5.56 Å². The van der Waals surface area contributed by atoms with E-state index in [9.17, 15) is 4.79 Å². The Balaban J connectivity index is 1.25. The van der Waals surface area contributed by atoms with Gasteiger partial charge in [0.2, 0.25) is 11.0 Å². The minimum atomic E-state index is 0.0215. The van der Waals surface area contributed by atoms with Crippen molar-refractivity contribution in [1.29, 1.82) is 0 Å². The van der Waals surface area contributed by atoms with Crippen molar-refractivity contribution in [2.75, 3.05) is 43.4 Å². The molecule has 1 fully saturated rings. The summed E-state index contributed by atoms with van der Waals surface area (Å²) in [5.74, 6) is 0.0215. The van der Waals surface area contributed by atoms with Gasteiger partial charge < -0.3 is 10.6 Å². The Morgan fingerprint density at radius 2 is 1.68 bits per heavy atom. The second-order valence-corrected chi connectivity index (χ2v) is 9.24. The highest BCUT2D eigenvalue weighted by Crippen LogP contribution is 2.21. The lowest BCUT2D eigenvalue weighted by Crippen LogP contribution is -2.48. The van der Waals surface area contributed by atoms with E-state index in [0.29, 0.717) is 13.2 Å². The van der Waals surface area contributed by atoms with Crippen molar-refractivity contribution in [3.63, 3.8) is 0 Å². The monoisotopic (exact) mass is 454 g/mol. The molecule has 0 bridgehead atoms. The Hall–Kier alpha value is -2.59. The van der Waals surface area contributed by atoms with Gasteiger partial charge in [0.1, 0.15) is 0 Å². The molecule has 0 radical (unpaired) electrons. The summed E-state index contributed by atoms with van der Waals surface area (Å²) in [6.45, 7) is 6.57. The highest BCUT2D eigenvalue weighted by atomic mass is 32.1. The van der Waals surface area contributed by atoms with Gasteiger partial charge in [0, 0.05) is 37.6 Å². The molecule has 1 aromatic heterocycles. The van der Waals surface area contributed by atoms with Gasteiger partial charge in [-0.2, -0.15) is 0 Å². The zero-order chi connectivity index (χ0) is 21.6. The third kappa shape index (κ3) is 6.20. The van der Waals surface area contributed by atoms with E-state index in [0.717, 1.165) is 46.6 Å². The molecule has 4 rings (SSSR count). The molecule has 31 heavy (non-hydrogen) atoms. The molecule has 3 aromatic rings. The molecule has 2 N–H and O–H groups in total. The van der Waals surface area contributed by atoms with Crippen molar-refractivity contribution in [1.82, 2.24) is 19.6 Å². The van der Waals surface area contributed by atoms with Crippen LogP contribution in [0.15, 0.2) is 54.6 Å². The maximum atomic E-state index is 12.3. The molecule has 2 heterocycles. The highest BCUT2D eigenvalue weighted by molar-refractivity contribution is 7.73. The van der Waals surface area contributed by atoms with Gasteiger partial charge in [0.25, 0.3) is 0 Å². The molecule has 0 unspecified atom stereocenters. The average Bonchev–Trinajstić information content (AvgIpc) is 3.10. The normalized spacial score (nSPS) is 15.0. The molecule has 1 amide bonds. The van der Waals surface area contributed by atoms with E-state index in [4.69, 9.17) is 12.2 Å². The summed E-state index contributed by atoms with van der Waals surface area (Å²) >= 11 is 6.99. The zero-order valence-electron chi connectivity index (χ0n) is 17.5. The number of aryl methyl sites for hydroxylation is 1. The summed E-state index contributed by atoms with van der Waals surface area (Å²) in [4.78, 5) is 16.8. The van der Waals surface area contributed by atoms with E-state index >= 15 is 0 Å². The molecule has 0 atom stereocenters. The van der Waals surface area contributed by atoms with Gasteiger partial charge >= 0.3 is 0 Å². The molecule has 162 valence electrons. The van der Waals surface area contributed by atoms with Crippen LogP contribution >= 0.6 is 23.6 Å². The summed E-state index contributed by atoms with van der Waals surface area (Å²) in [5.41, 5.74) is 3.06. The molecular weight excluding hydrogens is 428 g/mol. The number of rotatable bonds is 7. The number of anilines is 3. The first-order valence-electron chi connectivity index (χ1n) is 10.3. The van der Waals surface area contributed by atoms with E-state index < -0.39 is 0 Å². The fourth-order valence-electron chi connectivity index (χ4n) is 3.41. The molecule has 1 aliphatic rings. The van der Waals surface area contributed by atoms with E-state index in [-0.39, 0.29) is 5.91 Å². The number of piperazine rings is 1. The lowest BCUT2D eigenvalue weighted by atomic mass is 10.2. The largest absolute Gasteiger partial charge is 0.330 e. The first-order valence-corrected chi connectivity index (χ1v) is 11.5. The van der Waals surface area contributed by atoms with Crippen molar-refractivity contribution >= 4 is 46.0 Å². The van der Waals surface area contributed by atoms with Crippen molar-refractivity contribution in [3.8, 4) is 0 Å². The van der Waals surface area contributed by atoms with Gasteiger partial charge in [0.15, 0.2) is 3.95 Å². The Bertz CT molecular complexity index is 1060. The Kier molecular flexibility index (Phi) is 7.08. The number of benzene rings is 2.